The van der Waals surface area contributed by atoms with E-state index in [2.05, 4.69) is 22.0 Å². The van der Waals surface area contributed by atoms with E-state index in [4.69, 9.17) is 4.42 Å². The number of piperidine rings is 1. The number of H-pyrrole nitrogens is 1. The number of likely N-dealkylation sites (tertiary alicyclic amines) is 1. The quantitative estimate of drug-likeness (QED) is 0.943. The summed E-state index contributed by atoms with van der Waals surface area (Å²) in [7, 11) is 0. The minimum absolute atomic E-state index is 0.105. The number of nitrogens with one attached hydrogen (secondary N) is 1. The summed E-state index contributed by atoms with van der Waals surface area (Å²) < 4.78 is 18.4. The summed E-state index contributed by atoms with van der Waals surface area (Å²) in [6, 6.07) is 6.81. The topological polar surface area (TPSA) is 62.1 Å². The largest absolute Gasteiger partial charge is 0.434 e. The average molecular weight is 291 g/mol. The Labute approximate surface area is 121 Å². The van der Waals surface area contributed by atoms with Crippen LogP contribution in [0.4, 0.5) is 4.39 Å². The first kappa shape index (κ1) is 14.0. The highest BCUT2D eigenvalue weighted by molar-refractivity contribution is 5.20. The number of hydrogen-bond acceptors (Lipinski definition) is 4. The lowest BCUT2D eigenvalue weighted by Crippen LogP contribution is -2.36. The lowest BCUT2D eigenvalue weighted by molar-refractivity contribution is 0.147. The third-order valence-corrected chi connectivity index (χ3v) is 4.14. The zero-order valence-corrected chi connectivity index (χ0v) is 11.9. The normalized spacial score (nSPS) is 21.3. The molecule has 1 saturated heterocycles. The molecule has 112 valence electrons. The highest BCUT2D eigenvalue weighted by Crippen LogP contribution is 2.30. The molecule has 2 unspecified atom stereocenters. The molecule has 2 heterocycles. The van der Waals surface area contributed by atoms with E-state index in [1.807, 2.05) is 6.07 Å². The molecule has 21 heavy (non-hydrogen) atoms. The highest BCUT2D eigenvalue weighted by atomic mass is 19.1. The van der Waals surface area contributed by atoms with Crippen molar-refractivity contribution in [2.75, 3.05) is 13.1 Å². The molecule has 1 aromatic carbocycles. The number of aromatic amines is 1. The van der Waals surface area contributed by atoms with Crippen molar-refractivity contribution in [1.82, 2.24) is 15.1 Å². The molecule has 1 aliphatic heterocycles. The molecule has 0 amide bonds. The van der Waals surface area contributed by atoms with E-state index in [9.17, 15) is 9.18 Å². The summed E-state index contributed by atoms with van der Waals surface area (Å²) in [4.78, 5) is 13.3. The van der Waals surface area contributed by atoms with Crippen LogP contribution < -0.4 is 5.76 Å². The van der Waals surface area contributed by atoms with Crippen molar-refractivity contribution in [3.63, 3.8) is 0 Å². The van der Waals surface area contributed by atoms with Gasteiger partial charge in [-0.3, -0.25) is 4.90 Å². The molecular formula is C15H18FN3O2. The van der Waals surface area contributed by atoms with Gasteiger partial charge in [0, 0.05) is 12.6 Å². The SMILES string of the molecule is CC(c1cccc(F)c1)N1CCCC(c2n[nH]c(=O)o2)C1. The van der Waals surface area contributed by atoms with Crippen LogP contribution in [0.3, 0.4) is 0 Å². The van der Waals surface area contributed by atoms with Crippen molar-refractivity contribution in [3.8, 4) is 0 Å². The second-order valence-corrected chi connectivity index (χ2v) is 5.52. The first-order chi connectivity index (χ1) is 10.1. The molecule has 2 atom stereocenters. The van der Waals surface area contributed by atoms with Crippen LogP contribution in [0, 0.1) is 5.82 Å². The Morgan fingerprint density at radius 3 is 3.10 bits per heavy atom. The van der Waals surface area contributed by atoms with E-state index in [0.29, 0.717) is 5.89 Å². The molecule has 2 aromatic rings. The zero-order chi connectivity index (χ0) is 14.8. The van der Waals surface area contributed by atoms with Gasteiger partial charge in [-0.15, -0.1) is 5.10 Å². The van der Waals surface area contributed by atoms with Crippen molar-refractivity contribution >= 4 is 0 Å². The Bertz CT molecular complexity index is 667. The highest BCUT2D eigenvalue weighted by Gasteiger charge is 2.28. The minimum Gasteiger partial charge on any atom is -0.392 e. The number of benzene rings is 1. The van der Waals surface area contributed by atoms with Crippen molar-refractivity contribution < 1.29 is 8.81 Å². The monoisotopic (exact) mass is 291 g/mol. The second kappa shape index (κ2) is 5.81. The van der Waals surface area contributed by atoms with Gasteiger partial charge in [0.25, 0.3) is 0 Å². The van der Waals surface area contributed by atoms with Crippen LogP contribution in [-0.4, -0.2) is 28.2 Å². The van der Waals surface area contributed by atoms with Crippen LogP contribution in [0.2, 0.25) is 0 Å². The average Bonchev–Trinajstić information content (AvgIpc) is 2.93. The molecule has 1 N–H and O–H groups in total. The number of nitrogens with zero attached hydrogens (tertiary/aromatic N) is 2. The van der Waals surface area contributed by atoms with Crippen LogP contribution >= 0.6 is 0 Å². The molecule has 0 spiro atoms. The minimum atomic E-state index is -0.514. The van der Waals surface area contributed by atoms with Gasteiger partial charge in [-0.25, -0.2) is 14.3 Å². The predicted molar refractivity (Wildman–Crippen MR) is 75.5 cm³/mol. The van der Waals surface area contributed by atoms with Gasteiger partial charge in [0.05, 0.1) is 5.92 Å². The second-order valence-electron chi connectivity index (χ2n) is 5.52. The van der Waals surface area contributed by atoms with Crippen molar-refractivity contribution in [2.45, 2.75) is 31.7 Å². The fourth-order valence-corrected chi connectivity index (χ4v) is 2.95. The van der Waals surface area contributed by atoms with Gasteiger partial charge in [-0.2, -0.15) is 0 Å². The molecule has 1 fully saturated rings. The fraction of sp³-hybridized carbons (Fsp3) is 0.467. The molecule has 3 rings (SSSR count). The molecule has 6 heteroatoms. The molecule has 0 radical (unpaired) electrons. The molecule has 1 aliphatic rings. The Morgan fingerprint density at radius 1 is 1.52 bits per heavy atom. The predicted octanol–water partition coefficient (Wildman–Crippen LogP) is 2.44. The maximum Gasteiger partial charge on any atom is 0.434 e. The number of hydrogen-bond donors (Lipinski definition) is 1. The van der Waals surface area contributed by atoms with Crippen molar-refractivity contribution in [2.24, 2.45) is 0 Å². The Morgan fingerprint density at radius 2 is 2.38 bits per heavy atom. The van der Waals surface area contributed by atoms with Gasteiger partial charge in [-0.1, -0.05) is 12.1 Å². The Hall–Kier alpha value is -1.95. The van der Waals surface area contributed by atoms with Gasteiger partial charge >= 0.3 is 5.76 Å². The maximum absolute atomic E-state index is 13.4. The van der Waals surface area contributed by atoms with Crippen molar-refractivity contribution in [3.05, 3.63) is 52.1 Å². The molecular weight excluding hydrogens is 273 g/mol. The zero-order valence-electron chi connectivity index (χ0n) is 11.9. The molecule has 1 aromatic heterocycles. The summed E-state index contributed by atoms with van der Waals surface area (Å²) in [5, 5.41) is 6.24. The molecule has 0 aliphatic carbocycles. The third kappa shape index (κ3) is 3.05. The first-order valence-corrected chi connectivity index (χ1v) is 7.18. The van der Waals surface area contributed by atoms with Gasteiger partial charge in [-0.05, 0) is 44.0 Å². The Balaban J connectivity index is 1.75. The number of rotatable bonds is 3. The van der Waals surface area contributed by atoms with Crippen LogP contribution in [0.15, 0.2) is 33.5 Å². The number of aromatic nitrogens is 2. The first-order valence-electron chi connectivity index (χ1n) is 7.18. The summed E-state index contributed by atoms with van der Waals surface area (Å²) in [5.74, 6) is -0.156. The van der Waals surface area contributed by atoms with E-state index < -0.39 is 5.76 Å². The Kier molecular flexibility index (Phi) is 3.88. The van der Waals surface area contributed by atoms with Crippen molar-refractivity contribution in [1.29, 1.82) is 0 Å². The van der Waals surface area contributed by atoms with E-state index in [-0.39, 0.29) is 17.8 Å². The smallest absolute Gasteiger partial charge is 0.392 e. The van der Waals surface area contributed by atoms with E-state index in [1.165, 1.54) is 6.07 Å². The molecule has 5 nitrogen and oxygen atoms in total. The van der Waals surface area contributed by atoms with E-state index >= 15 is 0 Å². The van der Waals surface area contributed by atoms with Gasteiger partial charge in [0.2, 0.25) is 5.89 Å². The number of halogens is 1. The van der Waals surface area contributed by atoms with E-state index in [0.717, 1.165) is 31.5 Å². The maximum atomic E-state index is 13.4. The fourth-order valence-electron chi connectivity index (χ4n) is 2.95. The molecule has 0 saturated carbocycles. The summed E-state index contributed by atoms with van der Waals surface area (Å²) in [6.45, 7) is 3.77. The van der Waals surface area contributed by atoms with Crippen LogP contribution in [0.25, 0.3) is 0 Å². The summed E-state index contributed by atoms with van der Waals surface area (Å²) in [5.41, 5.74) is 0.958. The van der Waals surface area contributed by atoms with Gasteiger partial charge in [0.15, 0.2) is 0 Å². The van der Waals surface area contributed by atoms with Gasteiger partial charge < -0.3 is 4.42 Å². The lowest BCUT2D eigenvalue weighted by atomic mass is 9.95. The van der Waals surface area contributed by atoms with Gasteiger partial charge in [0.1, 0.15) is 5.82 Å². The summed E-state index contributed by atoms with van der Waals surface area (Å²) in [6.07, 6.45) is 1.95. The lowest BCUT2D eigenvalue weighted by Gasteiger charge is -2.35. The van der Waals surface area contributed by atoms with Crippen LogP contribution in [0.5, 0.6) is 0 Å². The van der Waals surface area contributed by atoms with Crippen LogP contribution in [-0.2, 0) is 0 Å². The van der Waals surface area contributed by atoms with Crippen LogP contribution in [0.1, 0.15) is 43.2 Å². The molecule has 0 bridgehead atoms. The van der Waals surface area contributed by atoms with E-state index in [1.54, 1.807) is 12.1 Å². The standard InChI is InChI=1S/C15H18FN3O2/c1-10(11-4-2-6-13(16)8-11)19-7-3-5-12(9-19)14-17-18-15(20)21-14/h2,4,6,8,10,12H,3,5,7,9H2,1H3,(H,18,20). The third-order valence-electron chi connectivity index (χ3n) is 4.14. The summed E-state index contributed by atoms with van der Waals surface area (Å²) >= 11 is 0.